The number of primary amides is 1. The fourth-order valence-electron chi connectivity index (χ4n) is 1.89. The standard InChI is InChI=1S/C11H14N2O2/c12-10(14)5-6-13-7-8-3-1-2-4-9(8)11(13)15/h1-4,11,15H,5-7H2,(H2,12,14). The Hall–Kier alpha value is -1.39. The largest absolute Gasteiger partial charge is 0.374 e. The molecule has 1 aliphatic rings. The highest BCUT2D eigenvalue weighted by atomic mass is 16.3. The van der Waals surface area contributed by atoms with Gasteiger partial charge in [0.25, 0.3) is 0 Å². The molecule has 4 heteroatoms. The molecule has 0 spiro atoms. The van der Waals surface area contributed by atoms with E-state index in [4.69, 9.17) is 5.73 Å². The second-order valence-electron chi connectivity index (χ2n) is 3.76. The Morgan fingerprint density at radius 1 is 1.53 bits per heavy atom. The molecule has 1 unspecified atom stereocenters. The van der Waals surface area contributed by atoms with E-state index in [2.05, 4.69) is 0 Å². The SMILES string of the molecule is NC(=O)CCN1Cc2ccccc2C1O. The number of nitrogens with two attached hydrogens (primary N) is 1. The molecule has 0 saturated heterocycles. The molecule has 0 radical (unpaired) electrons. The van der Waals surface area contributed by atoms with Crippen molar-refractivity contribution in [2.45, 2.75) is 19.2 Å². The van der Waals surface area contributed by atoms with E-state index in [1.807, 2.05) is 29.2 Å². The van der Waals surface area contributed by atoms with Gasteiger partial charge < -0.3 is 10.8 Å². The van der Waals surface area contributed by atoms with Gasteiger partial charge in [0.05, 0.1) is 0 Å². The number of hydrogen-bond donors (Lipinski definition) is 2. The Morgan fingerprint density at radius 3 is 2.93 bits per heavy atom. The van der Waals surface area contributed by atoms with Crippen molar-refractivity contribution in [2.24, 2.45) is 5.73 Å². The molecule has 0 fully saturated rings. The van der Waals surface area contributed by atoms with E-state index in [9.17, 15) is 9.90 Å². The number of aliphatic hydroxyl groups excluding tert-OH is 1. The number of carbonyl (C=O) groups is 1. The predicted molar refractivity (Wildman–Crippen MR) is 55.6 cm³/mol. The van der Waals surface area contributed by atoms with E-state index in [1.54, 1.807) is 0 Å². The van der Waals surface area contributed by atoms with E-state index in [0.29, 0.717) is 13.1 Å². The Bertz CT molecular complexity index is 379. The summed E-state index contributed by atoms with van der Waals surface area (Å²) in [5.74, 6) is -0.335. The van der Waals surface area contributed by atoms with E-state index in [-0.39, 0.29) is 12.3 Å². The zero-order valence-corrected chi connectivity index (χ0v) is 8.39. The summed E-state index contributed by atoms with van der Waals surface area (Å²) >= 11 is 0. The number of hydrogen-bond acceptors (Lipinski definition) is 3. The molecule has 1 aromatic carbocycles. The zero-order chi connectivity index (χ0) is 10.8. The summed E-state index contributed by atoms with van der Waals surface area (Å²) in [7, 11) is 0. The average Bonchev–Trinajstić information content (AvgIpc) is 2.54. The Morgan fingerprint density at radius 2 is 2.27 bits per heavy atom. The number of nitrogens with zero attached hydrogens (tertiary/aromatic N) is 1. The molecule has 1 heterocycles. The Labute approximate surface area is 88.3 Å². The van der Waals surface area contributed by atoms with Crippen molar-refractivity contribution in [3.63, 3.8) is 0 Å². The Kier molecular flexibility index (Phi) is 2.70. The van der Waals surface area contributed by atoms with Crippen LogP contribution >= 0.6 is 0 Å². The molecule has 3 N–H and O–H groups in total. The molecule has 0 bridgehead atoms. The smallest absolute Gasteiger partial charge is 0.218 e. The van der Waals surface area contributed by atoms with Crippen molar-refractivity contribution in [2.75, 3.05) is 6.54 Å². The molecule has 1 atom stereocenters. The van der Waals surface area contributed by atoms with Gasteiger partial charge in [-0.2, -0.15) is 0 Å². The molecular weight excluding hydrogens is 192 g/mol. The molecule has 15 heavy (non-hydrogen) atoms. The number of benzene rings is 1. The summed E-state index contributed by atoms with van der Waals surface area (Å²) in [5.41, 5.74) is 7.13. The lowest BCUT2D eigenvalue weighted by Crippen LogP contribution is -2.26. The number of fused-ring (bicyclic) bond motifs is 1. The molecular formula is C11H14N2O2. The number of amides is 1. The van der Waals surface area contributed by atoms with Gasteiger partial charge in [-0.05, 0) is 11.1 Å². The van der Waals surface area contributed by atoms with Crippen molar-refractivity contribution in [3.8, 4) is 0 Å². The summed E-state index contributed by atoms with van der Waals surface area (Å²) in [6, 6.07) is 7.75. The van der Waals surface area contributed by atoms with Crippen LogP contribution in [0.1, 0.15) is 23.8 Å². The van der Waals surface area contributed by atoms with Crippen LogP contribution in [-0.2, 0) is 11.3 Å². The number of aliphatic hydroxyl groups is 1. The van der Waals surface area contributed by atoms with Crippen LogP contribution in [0.4, 0.5) is 0 Å². The molecule has 1 aliphatic heterocycles. The van der Waals surface area contributed by atoms with E-state index in [0.717, 1.165) is 11.1 Å². The maximum Gasteiger partial charge on any atom is 0.218 e. The molecule has 1 amide bonds. The van der Waals surface area contributed by atoms with Crippen molar-refractivity contribution < 1.29 is 9.90 Å². The maximum atomic E-state index is 10.6. The van der Waals surface area contributed by atoms with Crippen LogP contribution in [0.2, 0.25) is 0 Å². The minimum atomic E-state index is -0.597. The quantitative estimate of drug-likeness (QED) is 0.750. The molecule has 0 aromatic heterocycles. The summed E-state index contributed by atoms with van der Waals surface area (Å²) in [5, 5.41) is 9.93. The first kappa shape index (κ1) is 10.1. The van der Waals surface area contributed by atoms with Gasteiger partial charge >= 0.3 is 0 Å². The third kappa shape index (κ3) is 2.00. The molecule has 2 rings (SSSR count). The van der Waals surface area contributed by atoms with Gasteiger partial charge in [0.2, 0.25) is 5.91 Å². The number of carbonyl (C=O) groups excluding carboxylic acids is 1. The highest BCUT2D eigenvalue weighted by Gasteiger charge is 2.27. The normalized spacial score (nSPS) is 20.2. The predicted octanol–water partition coefficient (Wildman–Crippen LogP) is 0.368. The van der Waals surface area contributed by atoms with Crippen molar-refractivity contribution in [3.05, 3.63) is 35.4 Å². The molecule has 0 aliphatic carbocycles. The van der Waals surface area contributed by atoms with Gasteiger partial charge in [-0.25, -0.2) is 0 Å². The minimum absolute atomic E-state index is 0.283. The summed E-state index contributed by atoms with van der Waals surface area (Å²) in [6.45, 7) is 1.19. The minimum Gasteiger partial charge on any atom is -0.374 e. The zero-order valence-electron chi connectivity index (χ0n) is 8.39. The van der Waals surface area contributed by atoms with Crippen LogP contribution < -0.4 is 5.73 Å². The number of rotatable bonds is 3. The summed E-state index contributed by atoms with van der Waals surface area (Å²) in [4.78, 5) is 12.5. The molecule has 80 valence electrons. The van der Waals surface area contributed by atoms with E-state index < -0.39 is 6.23 Å². The monoisotopic (exact) mass is 206 g/mol. The maximum absolute atomic E-state index is 10.6. The molecule has 1 aromatic rings. The van der Waals surface area contributed by atoms with Crippen LogP contribution in [0.3, 0.4) is 0 Å². The molecule has 0 saturated carbocycles. The van der Waals surface area contributed by atoms with Crippen LogP contribution in [0, 0.1) is 0 Å². The second-order valence-corrected chi connectivity index (χ2v) is 3.76. The Balaban J connectivity index is 2.06. The van der Waals surface area contributed by atoms with Gasteiger partial charge in [-0.3, -0.25) is 9.69 Å². The average molecular weight is 206 g/mol. The first-order chi connectivity index (χ1) is 7.18. The summed E-state index contributed by atoms with van der Waals surface area (Å²) < 4.78 is 0. The highest BCUT2D eigenvalue weighted by Crippen LogP contribution is 2.30. The third-order valence-electron chi connectivity index (χ3n) is 2.70. The fraction of sp³-hybridized carbons (Fsp3) is 0.364. The van der Waals surface area contributed by atoms with Crippen molar-refractivity contribution >= 4 is 5.91 Å². The molecule has 4 nitrogen and oxygen atoms in total. The highest BCUT2D eigenvalue weighted by molar-refractivity contribution is 5.73. The van der Waals surface area contributed by atoms with E-state index in [1.165, 1.54) is 0 Å². The van der Waals surface area contributed by atoms with Gasteiger partial charge in [0.1, 0.15) is 6.23 Å². The van der Waals surface area contributed by atoms with Crippen LogP contribution in [-0.4, -0.2) is 22.5 Å². The first-order valence-electron chi connectivity index (χ1n) is 4.96. The van der Waals surface area contributed by atoms with Crippen molar-refractivity contribution in [1.29, 1.82) is 0 Å². The van der Waals surface area contributed by atoms with Crippen molar-refractivity contribution in [1.82, 2.24) is 4.90 Å². The van der Waals surface area contributed by atoms with Crippen LogP contribution in [0.5, 0.6) is 0 Å². The van der Waals surface area contributed by atoms with Gasteiger partial charge in [0, 0.05) is 19.5 Å². The lowest BCUT2D eigenvalue weighted by Gasteiger charge is -2.19. The lowest BCUT2D eigenvalue weighted by atomic mass is 10.1. The van der Waals surface area contributed by atoms with Crippen LogP contribution in [0.15, 0.2) is 24.3 Å². The third-order valence-corrected chi connectivity index (χ3v) is 2.70. The fourth-order valence-corrected chi connectivity index (χ4v) is 1.89. The first-order valence-corrected chi connectivity index (χ1v) is 4.96. The van der Waals surface area contributed by atoms with Gasteiger partial charge in [0.15, 0.2) is 0 Å². The van der Waals surface area contributed by atoms with Gasteiger partial charge in [-0.15, -0.1) is 0 Å². The topological polar surface area (TPSA) is 66.6 Å². The second kappa shape index (κ2) is 4.00. The van der Waals surface area contributed by atoms with E-state index >= 15 is 0 Å². The van der Waals surface area contributed by atoms with Gasteiger partial charge in [-0.1, -0.05) is 24.3 Å². The summed E-state index contributed by atoms with van der Waals surface area (Å²) in [6.07, 6.45) is -0.314. The lowest BCUT2D eigenvalue weighted by molar-refractivity contribution is -0.118. The van der Waals surface area contributed by atoms with Crippen LogP contribution in [0.25, 0.3) is 0 Å².